The van der Waals surface area contributed by atoms with E-state index < -0.39 is 0 Å². The Labute approximate surface area is 224 Å². The Balaban J connectivity index is 1.30. The molecular weight excluding hydrogens is 484 g/mol. The van der Waals surface area contributed by atoms with E-state index in [2.05, 4.69) is 37.4 Å². The molecule has 2 fully saturated rings. The summed E-state index contributed by atoms with van der Waals surface area (Å²) in [5.41, 5.74) is 2.46. The molecule has 3 aliphatic rings. The Bertz CT molecular complexity index is 1050. The van der Waals surface area contributed by atoms with Gasteiger partial charge in [0.15, 0.2) is 0 Å². The maximum atomic E-state index is 13.8. The van der Waals surface area contributed by atoms with Gasteiger partial charge in [0, 0.05) is 30.5 Å². The van der Waals surface area contributed by atoms with Crippen molar-refractivity contribution < 1.29 is 19.1 Å². The molecule has 1 saturated carbocycles. The first kappa shape index (κ1) is 26.2. The largest absolute Gasteiger partial charge is 0.491 e. The predicted molar refractivity (Wildman–Crippen MR) is 146 cm³/mol. The minimum absolute atomic E-state index is 0.00458. The second kappa shape index (κ2) is 12.0. The molecule has 1 aromatic heterocycles. The molecule has 0 N–H and O–H groups in total. The summed E-state index contributed by atoms with van der Waals surface area (Å²) < 4.78 is 12.1. The van der Waals surface area contributed by atoms with Gasteiger partial charge >= 0.3 is 0 Å². The molecule has 7 heteroatoms. The van der Waals surface area contributed by atoms with Gasteiger partial charge in [0.05, 0.1) is 18.7 Å². The lowest BCUT2D eigenvalue weighted by Gasteiger charge is -2.37. The zero-order valence-electron chi connectivity index (χ0n) is 22.2. The minimum Gasteiger partial charge on any atom is -0.491 e. The number of carbonyl (C=O) groups is 2. The summed E-state index contributed by atoms with van der Waals surface area (Å²) in [5.74, 6) is 1.47. The summed E-state index contributed by atoms with van der Waals surface area (Å²) in [4.78, 5) is 32.3. The highest BCUT2D eigenvalue weighted by molar-refractivity contribution is 7.10. The Morgan fingerprint density at radius 1 is 1.11 bits per heavy atom. The van der Waals surface area contributed by atoms with Gasteiger partial charge in [-0.05, 0) is 72.7 Å². The average molecular weight is 525 g/mol. The van der Waals surface area contributed by atoms with Gasteiger partial charge < -0.3 is 19.3 Å². The summed E-state index contributed by atoms with van der Waals surface area (Å²) in [6.07, 6.45) is 6.93. The number of rotatable bonds is 9. The summed E-state index contributed by atoms with van der Waals surface area (Å²) in [6, 6.07) is 10.2. The number of thiophene rings is 1. The van der Waals surface area contributed by atoms with Gasteiger partial charge in [-0.25, -0.2) is 0 Å². The summed E-state index contributed by atoms with van der Waals surface area (Å²) in [7, 11) is 0. The second-order valence-electron chi connectivity index (χ2n) is 11.0. The number of amides is 2. The average Bonchev–Trinajstić information content (AvgIpc) is 3.69. The van der Waals surface area contributed by atoms with Crippen molar-refractivity contribution in [1.29, 1.82) is 0 Å². The molecule has 200 valence electrons. The lowest BCUT2D eigenvalue weighted by atomic mass is 10.00. The fraction of sp³-hybridized carbons (Fsp3) is 0.600. The Morgan fingerprint density at radius 3 is 2.59 bits per heavy atom. The van der Waals surface area contributed by atoms with E-state index in [4.69, 9.17) is 9.47 Å². The first-order valence-electron chi connectivity index (χ1n) is 14.0. The maximum absolute atomic E-state index is 13.8. The molecule has 1 aromatic carbocycles. The zero-order valence-corrected chi connectivity index (χ0v) is 23.0. The van der Waals surface area contributed by atoms with Crippen LogP contribution in [0.25, 0.3) is 0 Å². The van der Waals surface area contributed by atoms with Crippen molar-refractivity contribution in [2.75, 3.05) is 32.8 Å². The van der Waals surface area contributed by atoms with E-state index in [1.54, 1.807) is 16.2 Å². The van der Waals surface area contributed by atoms with Crippen LogP contribution in [0.5, 0.6) is 5.75 Å². The predicted octanol–water partition coefficient (Wildman–Crippen LogP) is 5.57. The summed E-state index contributed by atoms with van der Waals surface area (Å²) in [6.45, 7) is 6.79. The maximum Gasteiger partial charge on any atom is 0.242 e. The molecule has 3 heterocycles. The normalized spacial score (nSPS) is 21.9. The summed E-state index contributed by atoms with van der Waals surface area (Å²) in [5, 5.41) is 2.11. The monoisotopic (exact) mass is 524 g/mol. The number of carbonyl (C=O) groups excluding carboxylic acids is 2. The molecule has 0 bridgehead atoms. The molecule has 0 unspecified atom stereocenters. The van der Waals surface area contributed by atoms with E-state index in [9.17, 15) is 9.59 Å². The molecule has 1 saturated heterocycles. The fourth-order valence-corrected chi connectivity index (χ4v) is 6.88. The molecular formula is C30H40N2O4S. The van der Waals surface area contributed by atoms with Crippen LogP contribution >= 0.6 is 11.3 Å². The lowest BCUT2D eigenvalue weighted by Crippen LogP contribution is -2.50. The molecule has 5 rings (SSSR count). The third kappa shape index (κ3) is 6.20. The molecule has 37 heavy (non-hydrogen) atoms. The highest BCUT2D eigenvalue weighted by atomic mass is 32.1. The number of hydrogen-bond donors (Lipinski definition) is 0. The van der Waals surface area contributed by atoms with Gasteiger partial charge in [-0.1, -0.05) is 38.8 Å². The minimum atomic E-state index is -0.154. The number of nitrogens with zero attached hydrogens (tertiary/aromatic N) is 2. The SMILES string of the molecule is CC(C)c1ccc(OC[C@H]2c3ccsc3CCN2C(=O)CN(C[C@H]2CCCO2)C(=O)C2CCCC2)cc1. The van der Waals surface area contributed by atoms with Crippen LogP contribution in [0, 0.1) is 5.92 Å². The van der Waals surface area contributed by atoms with E-state index in [1.807, 2.05) is 17.0 Å². The van der Waals surface area contributed by atoms with Gasteiger partial charge in [0.2, 0.25) is 11.8 Å². The topological polar surface area (TPSA) is 59.1 Å². The van der Waals surface area contributed by atoms with E-state index in [0.717, 1.165) is 57.3 Å². The van der Waals surface area contributed by atoms with Crippen LogP contribution in [0.15, 0.2) is 35.7 Å². The van der Waals surface area contributed by atoms with Crippen LogP contribution in [0.1, 0.15) is 80.3 Å². The van der Waals surface area contributed by atoms with Gasteiger partial charge in [0.25, 0.3) is 0 Å². The fourth-order valence-electron chi connectivity index (χ4n) is 5.95. The Kier molecular flexibility index (Phi) is 8.50. The Hall–Kier alpha value is -2.38. The molecule has 0 radical (unpaired) electrons. The van der Waals surface area contributed by atoms with E-state index >= 15 is 0 Å². The highest BCUT2D eigenvalue weighted by Crippen LogP contribution is 2.34. The standard InChI is InChI=1S/C30H40N2O4S/c1-21(2)22-9-11-24(12-10-22)36-20-27-26-14-17-37-28(26)13-15-32(27)29(33)19-31(18-25-8-5-16-35-25)30(34)23-6-3-4-7-23/h9-12,14,17,21,23,25,27H,3-8,13,15-16,18-20H2,1-2H3/t25-,27+/m1/s1. The summed E-state index contributed by atoms with van der Waals surface area (Å²) >= 11 is 1.75. The van der Waals surface area contributed by atoms with Crippen LogP contribution in [0.4, 0.5) is 0 Å². The molecule has 2 aromatic rings. The van der Waals surface area contributed by atoms with E-state index in [1.165, 1.54) is 16.0 Å². The van der Waals surface area contributed by atoms with Crippen molar-refractivity contribution in [2.45, 2.75) is 76.9 Å². The first-order valence-corrected chi connectivity index (χ1v) is 14.9. The van der Waals surface area contributed by atoms with E-state index in [0.29, 0.717) is 25.6 Å². The molecule has 0 spiro atoms. The third-order valence-electron chi connectivity index (χ3n) is 8.16. The number of hydrogen-bond acceptors (Lipinski definition) is 5. The van der Waals surface area contributed by atoms with Crippen molar-refractivity contribution in [2.24, 2.45) is 5.92 Å². The molecule has 2 amide bonds. The van der Waals surface area contributed by atoms with Crippen LogP contribution in [0.2, 0.25) is 0 Å². The van der Waals surface area contributed by atoms with Crippen LogP contribution < -0.4 is 4.74 Å². The smallest absolute Gasteiger partial charge is 0.242 e. The van der Waals surface area contributed by atoms with Crippen molar-refractivity contribution in [3.63, 3.8) is 0 Å². The lowest BCUT2D eigenvalue weighted by molar-refractivity contribution is -0.146. The third-order valence-corrected chi connectivity index (χ3v) is 9.16. The quantitative estimate of drug-likeness (QED) is 0.430. The molecule has 1 aliphatic carbocycles. The number of ether oxygens (including phenoxy) is 2. The van der Waals surface area contributed by atoms with Crippen molar-refractivity contribution in [1.82, 2.24) is 9.80 Å². The highest BCUT2D eigenvalue weighted by Gasteiger charge is 2.36. The van der Waals surface area contributed by atoms with Crippen LogP contribution in [-0.4, -0.2) is 60.6 Å². The second-order valence-corrected chi connectivity index (χ2v) is 12.0. The van der Waals surface area contributed by atoms with Gasteiger partial charge in [-0.15, -0.1) is 11.3 Å². The van der Waals surface area contributed by atoms with Crippen LogP contribution in [0.3, 0.4) is 0 Å². The zero-order chi connectivity index (χ0) is 25.8. The Morgan fingerprint density at radius 2 is 1.89 bits per heavy atom. The van der Waals surface area contributed by atoms with Gasteiger partial charge in [0.1, 0.15) is 12.4 Å². The molecule has 2 aliphatic heterocycles. The van der Waals surface area contributed by atoms with Crippen molar-refractivity contribution in [3.05, 3.63) is 51.7 Å². The number of fused-ring (bicyclic) bond motifs is 1. The van der Waals surface area contributed by atoms with Crippen molar-refractivity contribution >= 4 is 23.2 Å². The van der Waals surface area contributed by atoms with Gasteiger partial charge in [-0.2, -0.15) is 0 Å². The first-order chi connectivity index (χ1) is 18.0. The number of benzene rings is 1. The molecule has 2 atom stereocenters. The van der Waals surface area contributed by atoms with Crippen LogP contribution in [-0.2, 0) is 20.7 Å². The van der Waals surface area contributed by atoms with Gasteiger partial charge in [-0.3, -0.25) is 9.59 Å². The van der Waals surface area contributed by atoms with E-state index in [-0.39, 0.29) is 36.4 Å². The molecule has 6 nitrogen and oxygen atoms in total. The van der Waals surface area contributed by atoms with Crippen molar-refractivity contribution in [3.8, 4) is 5.75 Å².